The van der Waals surface area contributed by atoms with Crippen LogP contribution in [0.15, 0.2) is 70.3 Å². The number of hydrogen-bond donors (Lipinski definition) is 0. The van der Waals surface area contributed by atoms with Crippen LogP contribution < -0.4 is 4.74 Å². The van der Waals surface area contributed by atoms with E-state index in [0.29, 0.717) is 28.0 Å². The van der Waals surface area contributed by atoms with Crippen LogP contribution in [-0.4, -0.2) is 6.21 Å². The monoisotopic (exact) mass is 488 g/mol. The van der Waals surface area contributed by atoms with Crippen LogP contribution >= 0.6 is 39.1 Å². The molecule has 0 aromatic heterocycles. The SMILES string of the molecule is N#Cc1ccccc1CO/N=C\c1ccc(OCc2ccc(Cl)c(Cl)c2)c(Br)c1. The third-order valence-corrected chi connectivity index (χ3v) is 5.33. The highest BCUT2D eigenvalue weighted by Crippen LogP contribution is 2.28. The normalized spacial score (nSPS) is 10.7. The van der Waals surface area contributed by atoms with Crippen LogP contribution in [0.1, 0.15) is 22.3 Å². The molecule has 0 saturated heterocycles. The van der Waals surface area contributed by atoms with Gasteiger partial charge in [0.1, 0.15) is 19.0 Å². The van der Waals surface area contributed by atoms with Gasteiger partial charge in [-0.3, -0.25) is 0 Å². The van der Waals surface area contributed by atoms with Gasteiger partial charge in [0.25, 0.3) is 0 Å². The van der Waals surface area contributed by atoms with E-state index in [-0.39, 0.29) is 6.61 Å². The summed E-state index contributed by atoms with van der Waals surface area (Å²) in [7, 11) is 0. The van der Waals surface area contributed by atoms with Crippen molar-refractivity contribution in [2.45, 2.75) is 13.2 Å². The average molecular weight is 490 g/mol. The second kappa shape index (κ2) is 10.3. The van der Waals surface area contributed by atoms with Crippen LogP contribution in [0.2, 0.25) is 10.0 Å². The van der Waals surface area contributed by atoms with Crippen LogP contribution in [-0.2, 0) is 18.1 Å². The molecular weight excluding hydrogens is 475 g/mol. The molecule has 3 aromatic carbocycles. The molecule has 146 valence electrons. The van der Waals surface area contributed by atoms with E-state index >= 15 is 0 Å². The molecular formula is C22H15BrCl2N2O2. The van der Waals surface area contributed by atoms with Gasteiger partial charge in [0.05, 0.1) is 32.4 Å². The van der Waals surface area contributed by atoms with Crippen molar-refractivity contribution in [3.8, 4) is 11.8 Å². The van der Waals surface area contributed by atoms with E-state index in [1.165, 1.54) is 0 Å². The van der Waals surface area contributed by atoms with Gasteiger partial charge in [0.2, 0.25) is 0 Å². The summed E-state index contributed by atoms with van der Waals surface area (Å²) in [5.41, 5.74) is 3.13. The molecule has 0 aliphatic carbocycles. The molecule has 29 heavy (non-hydrogen) atoms. The number of halogens is 3. The Labute approximate surface area is 187 Å². The molecule has 0 bridgehead atoms. The van der Waals surface area contributed by atoms with Crippen molar-refractivity contribution in [1.82, 2.24) is 0 Å². The second-order valence-corrected chi connectivity index (χ2v) is 7.67. The first kappa shape index (κ1) is 21.2. The Morgan fingerprint density at radius 3 is 2.59 bits per heavy atom. The summed E-state index contributed by atoms with van der Waals surface area (Å²) in [6, 6.07) is 20.4. The summed E-state index contributed by atoms with van der Waals surface area (Å²) < 4.78 is 6.62. The lowest BCUT2D eigenvalue weighted by Gasteiger charge is -2.09. The predicted octanol–water partition coefficient (Wildman–Crippen LogP) is 6.76. The van der Waals surface area contributed by atoms with E-state index < -0.39 is 0 Å². The number of nitriles is 1. The van der Waals surface area contributed by atoms with E-state index in [0.717, 1.165) is 21.2 Å². The van der Waals surface area contributed by atoms with Gasteiger partial charge in [0.15, 0.2) is 0 Å². The maximum Gasteiger partial charge on any atom is 0.143 e. The van der Waals surface area contributed by atoms with E-state index in [2.05, 4.69) is 27.2 Å². The van der Waals surface area contributed by atoms with Crippen LogP contribution in [0.5, 0.6) is 5.75 Å². The molecule has 3 aromatic rings. The highest BCUT2D eigenvalue weighted by atomic mass is 79.9. The van der Waals surface area contributed by atoms with Gasteiger partial charge in [-0.25, -0.2) is 0 Å². The first-order valence-electron chi connectivity index (χ1n) is 8.56. The molecule has 0 saturated carbocycles. The van der Waals surface area contributed by atoms with Crippen molar-refractivity contribution in [2.75, 3.05) is 0 Å². The van der Waals surface area contributed by atoms with Crippen molar-refractivity contribution in [2.24, 2.45) is 5.16 Å². The third kappa shape index (κ3) is 5.98. The van der Waals surface area contributed by atoms with E-state index in [1.807, 2.05) is 42.5 Å². The maximum absolute atomic E-state index is 9.08. The summed E-state index contributed by atoms with van der Waals surface area (Å²) in [4.78, 5) is 5.31. The molecule has 0 amide bonds. The number of hydrogen-bond acceptors (Lipinski definition) is 4. The maximum atomic E-state index is 9.08. The highest BCUT2D eigenvalue weighted by Gasteiger charge is 2.05. The minimum Gasteiger partial charge on any atom is -0.488 e. The molecule has 7 heteroatoms. The Hall–Kier alpha value is -2.52. The zero-order chi connectivity index (χ0) is 20.6. The fourth-order valence-corrected chi connectivity index (χ4v) is 3.30. The lowest BCUT2D eigenvalue weighted by molar-refractivity contribution is 0.132. The van der Waals surface area contributed by atoms with E-state index in [9.17, 15) is 0 Å². The van der Waals surface area contributed by atoms with Gasteiger partial charge in [-0.2, -0.15) is 5.26 Å². The first-order valence-corrected chi connectivity index (χ1v) is 10.1. The molecule has 0 radical (unpaired) electrons. The Morgan fingerprint density at radius 1 is 1.00 bits per heavy atom. The first-order chi connectivity index (χ1) is 14.1. The molecule has 0 atom stereocenters. The molecule has 0 unspecified atom stereocenters. The summed E-state index contributed by atoms with van der Waals surface area (Å²) in [5, 5.41) is 14.1. The van der Waals surface area contributed by atoms with Crippen molar-refractivity contribution in [1.29, 1.82) is 5.26 Å². The topological polar surface area (TPSA) is 54.6 Å². The lowest BCUT2D eigenvalue weighted by atomic mass is 10.1. The minimum absolute atomic E-state index is 0.228. The van der Waals surface area contributed by atoms with Crippen LogP contribution in [0.25, 0.3) is 0 Å². The molecule has 0 heterocycles. The average Bonchev–Trinajstić information content (AvgIpc) is 2.73. The molecule has 4 nitrogen and oxygen atoms in total. The quantitative estimate of drug-likeness (QED) is 0.272. The van der Waals surface area contributed by atoms with Crippen molar-refractivity contribution < 1.29 is 9.57 Å². The lowest BCUT2D eigenvalue weighted by Crippen LogP contribution is -1.97. The number of ether oxygens (including phenoxy) is 1. The zero-order valence-electron chi connectivity index (χ0n) is 15.1. The van der Waals surface area contributed by atoms with Gasteiger partial charge < -0.3 is 9.57 Å². The van der Waals surface area contributed by atoms with E-state index in [1.54, 1.807) is 24.4 Å². The van der Waals surface area contributed by atoms with Gasteiger partial charge in [-0.15, -0.1) is 0 Å². The predicted molar refractivity (Wildman–Crippen MR) is 118 cm³/mol. The summed E-state index contributed by atoms with van der Waals surface area (Å²) in [5.74, 6) is 0.692. The fourth-order valence-electron chi connectivity index (χ4n) is 2.47. The largest absolute Gasteiger partial charge is 0.488 e. The fraction of sp³-hybridized carbons (Fsp3) is 0.0909. The van der Waals surface area contributed by atoms with E-state index in [4.69, 9.17) is 38.0 Å². The van der Waals surface area contributed by atoms with Gasteiger partial charge >= 0.3 is 0 Å². The van der Waals surface area contributed by atoms with Crippen molar-refractivity contribution >= 4 is 45.3 Å². The van der Waals surface area contributed by atoms with Crippen molar-refractivity contribution in [3.63, 3.8) is 0 Å². The Bertz CT molecular complexity index is 1080. The van der Waals surface area contributed by atoms with Crippen molar-refractivity contribution in [3.05, 3.63) is 97.4 Å². The number of benzene rings is 3. The highest BCUT2D eigenvalue weighted by molar-refractivity contribution is 9.10. The second-order valence-electron chi connectivity index (χ2n) is 6.00. The molecule has 0 aliphatic rings. The van der Waals surface area contributed by atoms with Crippen LogP contribution in [0.3, 0.4) is 0 Å². The van der Waals surface area contributed by atoms with Gasteiger partial charge in [0, 0.05) is 5.56 Å². The molecule has 0 N–H and O–H groups in total. The zero-order valence-corrected chi connectivity index (χ0v) is 18.2. The Kier molecular flexibility index (Phi) is 7.54. The molecule has 0 fully saturated rings. The summed E-state index contributed by atoms with van der Waals surface area (Å²) >= 11 is 15.5. The number of rotatable bonds is 7. The van der Waals surface area contributed by atoms with Crippen LogP contribution in [0.4, 0.5) is 0 Å². The summed E-state index contributed by atoms with van der Waals surface area (Å²) in [6.45, 7) is 0.594. The third-order valence-electron chi connectivity index (χ3n) is 3.97. The Morgan fingerprint density at radius 2 is 1.83 bits per heavy atom. The Balaban J connectivity index is 1.56. The summed E-state index contributed by atoms with van der Waals surface area (Å²) in [6.07, 6.45) is 1.60. The number of nitrogens with zero attached hydrogens (tertiary/aromatic N) is 2. The molecule has 0 spiro atoms. The van der Waals surface area contributed by atoms with Gasteiger partial charge in [-0.1, -0.05) is 52.6 Å². The smallest absolute Gasteiger partial charge is 0.143 e. The minimum atomic E-state index is 0.228. The number of oxime groups is 1. The molecule has 0 aliphatic heterocycles. The molecule has 3 rings (SSSR count). The van der Waals surface area contributed by atoms with Crippen LogP contribution in [0, 0.1) is 11.3 Å². The van der Waals surface area contributed by atoms with Gasteiger partial charge in [-0.05, 0) is 63.5 Å². The standard InChI is InChI=1S/C22H15BrCl2N2O2/c23-19-9-15(12-27-29-14-18-4-2-1-3-17(18)11-26)6-8-22(19)28-13-16-5-7-20(24)21(25)10-16/h1-10,12H,13-14H2/b27-12-.